The molecule has 3 heterocycles. The van der Waals surface area contributed by atoms with E-state index in [1.807, 2.05) is 26.0 Å². The van der Waals surface area contributed by atoms with E-state index in [9.17, 15) is 8.42 Å². The molecule has 0 radical (unpaired) electrons. The summed E-state index contributed by atoms with van der Waals surface area (Å²) in [7, 11) is -3.28. The number of piperidine rings is 1. The van der Waals surface area contributed by atoms with Gasteiger partial charge in [0.2, 0.25) is 10.0 Å². The van der Waals surface area contributed by atoms with Gasteiger partial charge in [-0.2, -0.15) is 9.40 Å². The lowest BCUT2D eigenvalue weighted by molar-refractivity contribution is 0.248. The van der Waals surface area contributed by atoms with E-state index in [1.165, 1.54) is 10.6 Å². The van der Waals surface area contributed by atoms with Crippen LogP contribution in [0.1, 0.15) is 42.5 Å². The van der Waals surface area contributed by atoms with Gasteiger partial charge in [-0.15, -0.1) is 0 Å². The molecule has 0 spiro atoms. The standard InChI is InChI=1S/C15H21N5O2S/c1-10-8-12(13-9-11(2)18-19-13)17-15(16-10)14-6-4-5-7-20(14)23(3,21)22/h8-9,14H,4-7H2,1-3H3,(H,18,19). The molecule has 3 rings (SSSR count). The SMILES string of the molecule is Cc1cc(-c2cc(C)[nH]n2)nc(C2CCCCN2S(C)(=O)=O)n1. The van der Waals surface area contributed by atoms with E-state index in [0.717, 1.165) is 42.0 Å². The number of H-pyrrole nitrogens is 1. The highest BCUT2D eigenvalue weighted by molar-refractivity contribution is 7.88. The molecule has 1 aliphatic heterocycles. The molecule has 1 unspecified atom stereocenters. The third kappa shape index (κ3) is 3.42. The maximum atomic E-state index is 12.1. The molecule has 1 atom stereocenters. The van der Waals surface area contributed by atoms with Gasteiger partial charge in [-0.1, -0.05) is 6.42 Å². The van der Waals surface area contributed by atoms with Crippen molar-refractivity contribution in [2.45, 2.75) is 39.2 Å². The van der Waals surface area contributed by atoms with E-state index in [2.05, 4.69) is 20.2 Å². The maximum Gasteiger partial charge on any atom is 0.211 e. The fourth-order valence-electron chi connectivity index (χ4n) is 2.98. The van der Waals surface area contributed by atoms with Gasteiger partial charge in [-0.3, -0.25) is 5.10 Å². The van der Waals surface area contributed by atoms with Crippen LogP contribution in [0.2, 0.25) is 0 Å². The molecule has 0 saturated carbocycles. The summed E-state index contributed by atoms with van der Waals surface area (Å²) >= 11 is 0. The van der Waals surface area contributed by atoms with Crippen LogP contribution in [0.5, 0.6) is 0 Å². The van der Waals surface area contributed by atoms with Crippen LogP contribution in [0.4, 0.5) is 0 Å². The Morgan fingerprint density at radius 1 is 1.17 bits per heavy atom. The Kier molecular flexibility index (Phi) is 4.20. The lowest BCUT2D eigenvalue weighted by atomic mass is 10.0. The second-order valence-corrected chi connectivity index (χ2v) is 8.01. The van der Waals surface area contributed by atoms with Crippen molar-refractivity contribution in [1.82, 2.24) is 24.5 Å². The zero-order chi connectivity index (χ0) is 16.6. The molecule has 1 fully saturated rings. The van der Waals surface area contributed by atoms with Gasteiger partial charge in [0, 0.05) is 17.9 Å². The minimum absolute atomic E-state index is 0.294. The summed E-state index contributed by atoms with van der Waals surface area (Å²) in [5.74, 6) is 0.561. The van der Waals surface area contributed by atoms with Crippen LogP contribution in [0, 0.1) is 13.8 Å². The summed E-state index contributed by atoms with van der Waals surface area (Å²) < 4.78 is 25.7. The van der Waals surface area contributed by atoms with Gasteiger partial charge in [0.05, 0.1) is 18.0 Å². The van der Waals surface area contributed by atoms with Gasteiger partial charge < -0.3 is 0 Å². The van der Waals surface area contributed by atoms with Crippen molar-refractivity contribution in [3.05, 3.63) is 29.3 Å². The monoisotopic (exact) mass is 335 g/mol. The zero-order valence-corrected chi connectivity index (χ0v) is 14.4. The normalized spacial score (nSPS) is 19.9. The fourth-order valence-corrected chi connectivity index (χ4v) is 4.10. The maximum absolute atomic E-state index is 12.1. The number of aromatic nitrogens is 4. The minimum Gasteiger partial charge on any atom is -0.282 e. The molecule has 0 aromatic carbocycles. The van der Waals surface area contributed by atoms with Crippen LogP contribution in [0.25, 0.3) is 11.4 Å². The number of hydrogen-bond donors (Lipinski definition) is 1. The van der Waals surface area contributed by atoms with Crippen molar-refractivity contribution in [2.75, 3.05) is 12.8 Å². The van der Waals surface area contributed by atoms with Crippen LogP contribution in [-0.2, 0) is 10.0 Å². The molecule has 0 aliphatic carbocycles. The predicted molar refractivity (Wildman–Crippen MR) is 87.2 cm³/mol. The Morgan fingerprint density at radius 3 is 2.61 bits per heavy atom. The number of aromatic amines is 1. The Balaban J connectivity index is 2.03. The van der Waals surface area contributed by atoms with E-state index >= 15 is 0 Å². The van der Waals surface area contributed by atoms with Crippen molar-refractivity contribution in [2.24, 2.45) is 0 Å². The van der Waals surface area contributed by atoms with Gasteiger partial charge in [0.25, 0.3) is 0 Å². The van der Waals surface area contributed by atoms with Gasteiger partial charge >= 0.3 is 0 Å². The third-order valence-electron chi connectivity index (χ3n) is 4.02. The van der Waals surface area contributed by atoms with E-state index in [1.54, 1.807) is 0 Å². The second-order valence-electron chi connectivity index (χ2n) is 6.07. The first kappa shape index (κ1) is 16.1. The average Bonchev–Trinajstić information content (AvgIpc) is 2.92. The molecule has 2 aromatic rings. The number of hydrogen-bond acceptors (Lipinski definition) is 5. The largest absolute Gasteiger partial charge is 0.282 e. The second kappa shape index (κ2) is 6.01. The van der Waals surface area contributed by atoms with Crippen molar-refractivity contribution in [3.8, 4) is 11.4 Å². The minimum atomic E-state index is -3.28. The Morgan fingerprint density at radius 2 is 1.96 bits per heavy atom. The van der Waals surface area contributed by atoms with Crippen LogP contribution in [0.15, 0.2) is 12.1 Å². The lowest BCUT2D eigenvalue weighted by Crippen LogP contribution is -2.38. The first-order chi connectivity index (χ1) is 10.8. The molecule has 1 N–H and O–H groups in total. The molecular formula is C15H21N5O2S. The summed E-state index contributed by atoms with van der Waals surface area (Å²) in [6.45, 7) is 4.34. The quantitative estimate of drug-likeness (QED) is 0.926. The third-order valence-corrected chi connectivity index (χ3v) is 5.31. The molecule has 1 aliphatic rings. The Labute approximate surface area is 136 Å². The van der Waals surface area contributed by atoms with Gasteiger partial charge in [0.15, 0.2) is 0 Å². The molecule has 8 heteroatoms. The van der Waals surface area contributed by atoms with Gasteiger partial charge in [-0.05, 0) is 38.8 Å². The molecule has 2 aromatic heterocycles. The highest BCUT2D eigenvalue weighted by Gasteiger charge is 2.32. The summed E-state index contributed by atoms with van der Waals surface area (Å²) in [6, 6.07) is 3.49. The lowest BCUT2D eigenvalue weighted by Gasteiger charge is -2.32. The molecule has 124 valence electrons. The van der Waals surface area contributed by atoms with Crippen LogP contribution in [-0.4, -0.2) is 45.7 Å². The highest BCUT2D eigenvalue weighted by atomic mass is 32.2. The summed E-state index contributed by atoms with van der Waals surface area (Å²) in [5.41, 5.74) is 3.23. The smallest absolute Gasteiger partial charge is 0.211 e. The van der Waals surface area contributed by atoms with Crippen LogP contribution >= 0.6 is 0 Å². The first-order valence-corrected chi connectivity index (χ1v) is 9.54. The van der Waals surface area contributed by atoms with Gasteiger partial charge in [0.1, 0.15) is 11.5 Å². The zero-order valence-electron chi connectivity index (χ0n) is 13.6. The first-order valence-electron chi connectivity index (χ1n) is 7.69. The molecule has 0 bridgehead atoms. The van der Waals surface area contributed by atoms with Crippen molar-refractivity contribution in [1.29, 1.82) is 0 Å². The average molecular weight is 335 g/mol. The Bertz CT molecular complexity index is 815. The van der Waals surface area contributed by atoms with E-state index in [-0.39, 0.29) is 6.04 Å². The molecule has 23 heavy (non-hydrogen) atoms. The summed E-state index contributed by atoms with van der Waals surface area (Å²) in [4.78, 5) is 9.10. The predicted octanol–water partition coefficient (Wildman–Crippen LogP) is 1.97. The van der Waals surface area contributed by atoms with Crippen molar-refractivity contribution in [3.63, 3.8) is 0 Å². The number of aryl methyl sites for hydroxylation is 2. The molecule has 7 nitrogen and oxygen atoms in total. The Hall–Kier alpha value is -1.80. The molecule has 1 saturated heterocycles. The van der Waals surface area contributed by atoms with E-state index in [0.29, 0.717) is 12.4 Å². The van der Waals surface area contributed by atoms with Crippen molar-refractivity contribution < 1.29 is 8.42 Å². The van der Waals surface area contributed by atoms with Crippen LogP contribution in [0.3, 0.4) is 0 Å². The van der Waals surface area contributed by atoms with Crippen molar-refractivity contribution >= 4 is 10.0 Å². The number of rotatable bonds is 3. The van der Waals surface area contributed by atoms with Crippen LogP contribution < -0.4 is 0 Å². The fraction of sp³-hybridized carbons (Fsp3) is 0.533. The summed E-state index contributed by atoms with van der Waals surface area (Å²) in [5, 5.41) is 7.14. The number of nitrogens with zero attached hydrogens (tertiary/aromatic N) is 4. The summed E-state index contributed by atoms with van der Waals surface area (Å²) in [6.07, 6.45) is 3.85. The van der Waals surface area contributed by atoms with Gasteiger partial charge in [-0.25, -0.2) is 18.4 Å². The van der Waals surface area contributed by atoms with E-state index in [4.69, 9.17) is 0 Å². The molecular weight excluding hydrogens is 314 g/mol. The molecule has 0 amide bonds. The highest BCUT2D eigenvalue weighted by Crippen LogP contribution is 2.32. The topological polar surface area (TPSA) is 91.8 Å². The number of nitrogens with one attached hydrogen (secondary N) is 1. The number of sulfonamides is 1. The van der Waals surface area contributed by atoms with E-state index < -0.39 is 10.0 Å².